The van der Waals surface area contributed by atoms with Gasteiger partial charge in [0.05, 0.1) is 23.2 Å². The maximum atomic E-state index is 12.6. The van der Waals surface area contributed by atoms with E-state index < -0.39 is 23.3 Å². The van der Waals surface area contributed by atoms with Crippen molar-refractivity contribution >= 4 is 29.3 Å². The Kier molecular flexibility index (Phi) is 4.89. The molecule has 0 unspecified atom stereocenters. The first-order chi connectivity index (χ1) is 13.9. The zero-order chi connectivity index (χ0) is 20.7. The van der Waals surface area contributed by atoms with E-state index in [1.165, 1.54) is 23.1 Å². The molecule has 0 N–H and O–H groups in total. The monoisotopic (exact) mass is 400 g/mol. The number of ketones is 1. The highest BCUT2D eigenvalue weighted by atomic mass is 16.6. The minimum atomic E-state index is -0.704. The molecule has 1 aromatic carbocycles. The number of nitrogens with zero attached hydrogens (tertiary/aromatic N) is 2. The van der Waals surface area contributed by atoms with Gasteiger partial charge < -0.3 is 4.74 Å². The largest absolute Gasteiger partial charge is 0.457 e. The third-order valence-electron chi connectivity index (χ3n) is 6.30. The molecule has 4 rings (SSSR count). The van der Waals surface area contributed by atoms with Crippen LogP contribution in [0.3, 0.4) is 0 Å². The second-order valence-electron chi connectivity index (χ2n) is 7.85. The lowest BCUT2D eigenvalue weighted by molar-refractivity contribution is -0.384. The van der Waals surface area contributed by atoms with Gasteiger partial charge in [-0.3, -0.25) is 34.2 Å². The number of carbonyl (C=O) groups excluding carboxylic acids is 4. The van der Waals surface area contributed by atoms with Crippen molar-refractivity contribution in [1.29, 1.82) is 0 Å². The van der Waals surface area contributed by atoms with E-state index in [4.69, 9.17) is 4.74 Å². The molecule has 1 heterocycles. The van der Waals surface area contributed by atoms with Gasteiger partial charge in [0, 0.05) is 24.2 Å². The molecule has 3 fully saturated rings. The average Bonchev–Trinajstić information content (AvgIpc) is 3.39. The van der Waals surface area contributed by atoms with Crippen LogP contribution >= 0.6 is 0 Å². The number of carbonyl (C=O) groups is 4. The highest BCUT2D eigenvalue weighted by Crippen LogP contribution is 2.56. The zero-order valence-corrected chi connectivity index (χ0v) is 15.6. The van der Waals surface area contributed by atoms with Crippen molar-refractivity contribution in [2.24, 2.45) is 23.7 Å². The number of Topliss-reactive ketones (excluding diaryl/α,β-unsaturated/α-hetero) is 1. The van der Waals surface area contributed by atoms with Crippen LogP contribution in [0.2, 0.25) is 0 Å². The fourth-order valence-electron chi connectivity index (χ4n) is 4.99. The Bertz CT molecular complexity index is 884. The van der Waals surface area contributed by atoms with E-state index in [1.54, 1.807) is 0 Å². The van der Waals surface area contributed by atoms with Crippen molar-refractivity contribution in [1.82, 2.24) is 4.90 Å². The third-order valence-corrected chi connectivity index (χ3v) is 6.30. The van der Waals surface area contributed by atoms with Gasteiger partial charge >= 0.3 is 5.97 Å². The molecule has 1 aromatic rings. The van der Waals surface area contributed by atoms with Gasteiger partial charge in [-0.2, -0.15) is 0 Å². The van der Waals surface area contributed by atoms with Gasteiger partial charge in [0.15, 0.2) is 6.61 Å². The molecule has 0 aromatic heterocycles. The summed E-state index contributed by atoms with van der Waals surface area (Å²) in [7, 11) is 0. The molecule has 2 saturated carbocycles. The normalized spacial score (nSPS) is 27.2. The van der Waals surface area contributed by atoms with Gasteiger partial charge in [-0.25, -0.2) is 0 Å². The van der Waals surface area contributed by atoms with Crippen molar-refractivity contribution in [3.8, 4) is 0 Å². The molecule has 0 radical (unpaired) electrons. The fraction of sp³-hybridized carbons (Fsp3) is 0.500. The number of likely N-dealkylation sites (tertiary alicyclic amines) is 1. The number of nitro benzene ring substituents is 1. The summed E-state index contributed by atoms with van der Waals surface area (Å²) in [5.74, 6) is -1.54. The number of hydrogen-bond acceptors (Lipinski definition) is 7. The summed E-state index contributed by atoms with van der Waals surface area (Å²) >= 11 is 0. The van der Waals surface area contributed by atoms with Crippen LogP contribution in [0.5, 0.6) is 0 Å². The van der Waals surface area contributed by atoms with Crippen LogP contribution in [-0.2, 0) is 19.1 Å². The lowest BCUT2D eigenvalue weighted by atomic mass is 9.81. The van der Waals surface area contributed by atoms with Crippen LogP contribution in [0.4, 0.5) is 5.69 Å². The van der Waals surface area contributed by atoms with Crippen LogP contribution < -0.4 is 0 Å². The van der Waals surface area contributed by atoms with Crippen LogP contribution in [0.15, 0.2) is 24.3 Å². The average molecular weight is 400 g/mol. The molecular formula is C20H20N2O7. The predicted molar refractivity (Wildman–Crippen MR) is 97.5 cm³/mol. The molecule has 2 bridgehead atoms. The van der Waals surface area contributed by atoms with Crippen molar-refractivity contribution in [3.05, 3.63) is 39.9 Å². The molecule has 2 aliphatic carbocycles. The summed E-state index contributed by atoms with van der Waals surface area (Å²) in [5.41, 5.74) is -0.159. The molecule has 0 spiro atoms. The van der Waals surface area contributed by atoms with E-state index in [2.05, 4.69) is 0 Å². The van der Waals surface area contributed by atoms with E-state index in [0.717, 1.165) is 25.3 Å². The number of esters is 1. The van der Waals surface area contributed by atoms with E-state index in [9.17, 15) is 29.3 Å². The zero-order valence-electron chi connectivity index (χ0n) is 15.6. The number of ether oxygens (including phenoxy) is 1. The first-order valence-electron chi connectivity index (χ1n) is 9.65. The highest BCUT2D eigenvalue weighted by molar-refractivity contribution is 6.06. The summed E-state index contributed by atoms with van der Waals surface area (Å²) in [6.07, 6.45) is 2.73. The first-order valence-corrected chi connectivity index (χ1v) is 9.65. The standard InChI is InChI=1S/C20H20N2O7/c23-15(11-2-1-3-14(9-11)22(27)28)10-29-16(24)6-7-21-19(25)17-12-4-5-13(8-12)18(17)20(21)26/h1-3,9,12-13,17-18H,4-8,10H2/t12-,13-,17-,18+/m0/s1. The number of hydrogen-bond donors (Lipinski definition) is 0. The quantitative estimate of drug-likeness (QED) is 0.224. The molecule has 9 nitrogen and oxygen atoms in total. The Balaban J connectivity index is 1.28. The number of amides is 2. The van der Waals surface area contributed by atoms with Crippen LogP contribution in [0.1, 0.15) is 36.0 Å². The Hall–Kier alpha value is -3.10. The summed E-state index contributed by atoms with van der Waals surface area (Å²) in [6.45, 7) is -0.606. The number of fused-ring (bicyclic) bond motifs is 5. The van der Waals surface area contributed by atoms with Crippen LogP contribution in [-0.4, -0.2) is 46.5 Å². The second-order valence-corrected chi connectivity index (χ2v) is 7.85. The fourth-order valence-corrected chi connectivity index (χ4v) is 4.99. The minimum Gasteiger partial charge on any atom is -0.457 e. The Morgan fingerprint density at radius 2 is 1.79 bits per heavy atom. The third kappa shape index (κ3) is 3.41. The van der Waals surface area contributed by atoms with E-state index in [1.807, 2.05) is 0 Å². The van der Waals surface area contributed by atoms with Gasteiger partial charge in [-0.15, -0.1) is 0 Å². The van der Waals surface area contributed by atoms with Crippen LogP contribution in [0.25, 0.3) is 0 Å². The first kappa shape index (κ1) is 19.2. The van der Waals surface area contributed by atoms with Crippen molar-refractivity contribution in [2.45, 2.75) is 25.7 Å². The summed E-state index contributed by atoms with van der Waals surface area (Å²) in [4.78, 5) is 60.5. The SMILES string of the molecule is O=C(CCN1C(=O)[C@@H]2[C@H]3CC[C@@H](C3)[C@@H]2C1=O)OCC(=O)c1cccc([N+](=O)[O-])c1. The van der Waals surface area contributed by atoms with Crippen LogP contribution in [0, 0.1) is 33.8 Å². The van der Waals surface area contributed by atoms with Gasteiger partial charge in [-0.05, 0) is 31.1 Å². The molecule has 152 valence electrons. The van der Waals surface area contributed by atoms with Gasteiger partial charge in [0.2, 0.25) is 17.6 Å². The Morgan fingerprint density at radius 3 is 2.41 bits per heavy atom. The van der Waals surface area contributed by atoms with Crippen molar-refractivity contribution in [2.75, 3.05) is 13.2 Å². The molecular weight excluding hydrogens is 380 g/mol. The van der Waals surface area contributed by atoms with E-state index in [0.29, 0.717) is 0 Å². The van der Waals surface area contributed by atoms with Crippen molar-refractivity contribution in [3.63, 3.8) is 0 Å². The number of nitro groups is 1. The number of non-ortho nitro benzene ring substituents is 1. The number of imide groups is 1. The number of benzene rings is 1. The lowest BCUT2D eigenvalue weighted by Gasteiger charge is -2.19. The lowest BCUT2D eigenvalue weighted by Crippen LogP contribution is -2.35. The summed E-state index contributed by atoms with van der Waals surface area (Å²) in [6, 6.07) is 5.15. The second kappa shape index (κ2) is 7.38. The minimum absolute atomic E-state index is 0.0477. The molecule has 29 heavy (non-hydrogen) atoms. The summed E-state index contributed by atoms with van der Waals surface area (Å²) in [5, 5.41) is 10.8. The van der Waals surface area contributed by atoms with E-state index in [-0.39, 0.29) is 59.7 Å². The van der Waals surface area contributed by atoms with Crippen molar-refractivity contribution < 1.29 is 28.8 Å². The molecule has 9 heteroatoms. The maximum Gasteiger partial charge on any atom is 0.308 e. The Morgan fingerprint density at radius 1 is 1.14 bits per heavy atom. The van der Waals surface area contributed by atoms with Gasteiger partial charge in [0.1, 0.15) is 0 Å². The predicted octanol–water partition coefficient (Wildman–Crippen LogP) is 1.74. The Labute approximate surface area is 166 Å². The smallest absolute Gasteiger partial charge is 0.308 e. The van der Waals surface area contributed by atoms with Gasteiger partial charge in [0.25, 0.3) is 5.69 Å². The number of rotatable bonds is 7. The molecule has 4 atom stereocenters. The van der Waals surface area contributed by atoms with Gasteiger partial charge in [-0.1, -0.05) is 12.1 Å². The molecule has 2 amide bonds. The topological polar surface area (TPSA) is 124 Å². The highest BCUT2D eigenvalue weighted by Gasteiger charge is 2.60. The molecule has 1 aliphatic heterocycles. The molecule has 1 saturated heterocycles. The molecule has 3 aliphatic rings. The summed E-state index contributed by atoms with van der Waals surface area (Å²) < 4.78 is 4.93. The van der Waals surface area contributed by atoms with E-state index >= 15 is 0 Å². The maximum absolute atomic E-state index is 12.6.